The third-order valence-corrected chi connectivity index (χ3v) is 7.39. The zero-order chi connectivity index (χ0) is 26.1. The molecule has 0 saturated carbocycles. The molecule has 0 radical (unpaired) electrons. The number of fused-ring (bicyclic) bond motifs is 6. The number of hydrogen-bond donors (Lipinski definition) is 1. The van der Waals surface area contributed by atoms with Gasteiger partial charge in [-0.2, -0.15) is 0 Å². The van der Waals surface area contributed by atoms with Crippen molar-refractivity contribution in [2.24, 2.45) is 14.1 Å². The van der Waals surface area contributed by atoms with E-state index < -0.39 is 17.3 Å². The lowest BCUT2D eigenvalue weighted by atomic mass is 9.99. The second kappa shape index (κ2) is 7.94. The lowest BCUT2D eigenvalue weighted by Crippen LogP contribution is -2.37. The molecule has 1 atom stereocenters. The first-order valence-corrected chi connectivity index (χ1v) is 12.2. The van der Waals surface area contributed by atoms with Gasteiger partial charge in [-0.15, -0.1) is 0 Å². The van der Waals surface area contributed by atoms with Crippen molar-refractivity contribution in [1.29, 1.82) is 0 Å². The number of aromatic nitrogens is 3. The lowest BCUT2D eigenvalue weighted by molar-refractivity contribution is 0.587. The van der Waals surface area contributed by atoms with Gasteiger partial charge in [-0.05, 0) is 29.8 Å². The van der Waals surface area contributed by atoms with Crippen LogP contribution in [-0.2, 0) is 14.1 Å². The number of aryl methyl sites for hydroxylation is 1. The molecule has 0 aliphatic carbocycles. The Labute approximate surface area is 215 Å². The first-order chi connectivity index (χ1) is 18.5. The minimum absolute atomic E-state index is 0.181. The molecule has 0 fully saturated rings. The van der Waals surface area contributed by atoms with Crippen molar-refractivity contribution in [3.8, 4) is 16.9 Å². The molecule has 0 amide bonds. The van der Waals surface area contributed by atoms with Crippen LogP contribution in [0.25, 0.3) is 38.8 Å². The molecule has 1 aliphatic rings. The molecule has 3 aromatic heterocycles. The highest BCUT2D eigenvalue weighted by Gasteiger charge is 2.36. The summed E-state index contributed by atoms with van der Waals surface area (Å²) in [6.07, 6.45) is 1.47. The summed E-state index contributed by atoms with van der Waals surface area (Å²) in [5.74, 6) is 0. The second-order valence-corrected chi connectivity index (χ2v) is 9.48. The molecular weight excluding hydrogens is 480 g/mol. The van der Waals surface area contributed by atoms with Gasteiger partial charge in [0.05, 0.1) is 44.6 Å². The van der Waals surface area contributed by atoms with Crippen LogP contribution in [0.4, 0.5) is 5.69 Å². The van der Waals surface area contributed by atoms with Crippen LogP contribution >= 0.6 is 0 Å². The van der Waals surface area contributed by atoms with Crippen LogP contribution in [0.1, 0.15) is 17.3 Å². The SMILES string of the molecule is Cn1c(=O)c2c(-c3ccccc3)n3c(c2n(C)c1=O)[C@@H](c1coc2ccccc2c1=O)Nc1ccccc1-3. The van der Waals surface area contributed by atoms with Crippen molar-refractivity contribution in [2.75, 3.05) is 5.32 Å². The fraction of sp³-hybridized carbons (Fsp3) is 0.100. The van der Waals surface area contributed by atoms with Crippen molar-refractivity contribution in [1.82, 2.24) is 13.7 Å². The quantitative estimate of drug-likeness (QED) is 0.381. The third-order valence-electron chi connectivity index (χ3n) is 7.39. The van der Waals surface area contributed by atoms with E-state index in [1.54, 1.807) is 25.2 Å². The third kappa shape index (κ3) is 2.88. The molecule has 1 aliphatic heterocycles. The monoisotopic (exact) mass is 502 g/mol. The predicted molar refractivity (Wildman–Crippen MR) is 147 cm³/mol. The summed E-state index contributed by atoms with van der Waals surface area (Å²) in [5, 5.41) is 4.37. The van der Waals surface area contributed by atoms with Gasteiger partial charge >= 0.3 is 5.69 Å². The minimum atomic E-state index is -0.691. The fourth-order valence-corrected chi connectivity index (χ4v) is 5.61. The molecule has 186 valence electrons. The molecule has 4 heterocycles. The van der Waals surface area contributed by atoms with E-state index in [9.17, 15) is 14.4 Å². The van der Waals surface area contributed by atoms with Crippen LogP contribution < -0.4 is 22.0 Å². The normalized spacial score (nSPS) is 14.3. The van der Waals surface area contributed by atoms with Crippen molar-refractivity contribution in [2.45, 2.75) is 6.04 Å². The first-order valence-electron chi connectivity index (χ1n) is 12.2. The molecule has 6 aromatic rings. The average molecular weight is 503 g/mol. The summed E-state index contributed by atoms with van der Waals surface area (Å²) in [4.78, 5) is 40.7. The largest absolute Gasteiger partial charge is 0.464 e. The Bertz CT molecular complexity index is 2100. The van der Waals surface area contributed by atoms with Crippen LogP contribution in [-0.4, -0.2) is 13.7 Å². The topological polar surface area (TPSA) is 91.2 Å². The van der Waals surface area contributed by atoms with E-state index in [4.69, 9.17) is 4.42 Å². The van der Waals surface area contributed by atoms with Crippen LogP contribution in [0.3, 0.4) is 0 Å². The van der Waals surface area contributed by atoms with Gasteiger partial charge in [0, 0.05) is 14.1 Å². The molecule has 0 bridgehead atoms. The van der Waals surface area contributed by atoms with E-state index in [1.165, 1.54) is 17.9 Å². The number of benzene rings is 3. The lowest BCUT2D eigenvalue weighted by Gasteiger charge is -2.30. The standard InChI is InChI=1S/C30H22N4O4/c1-32-26-23(29(36)33(2)30(32)37)25(17-10-4-3-5-11-17)34-21-14-8-7-13-20(21)31-24(27(26)34)19-16-38-22-15-9-6-12-18(22)28(19)35/h3-16,24,31H,1-2H3/t24-/m1/s1. The maximum absolute atomic E-state index is 13.8. The van der Waals surface area contributed by atoms with Gasteiger partial charge in [-0.1, -0.05) is 54.6 Å². The van der Waals surface area contributed by atoms with Gasteiger partial charge in [0.25, 0.3) is 5.56 Å². The first kappa shape index (κ1) is 22.1. The van der Waals surface area contributed by atoms with Crippen molar-refractivity contribution in [3.05, 3.63) is 127 Å². The highest BCUT2D eigenvalue weighted by molar-refractivity contribution is 5.99. The molecule has 0 saturated heterocycles. The summed E-state index contributed by atoms with van der Waals surface area (Å²) < 4.78 is 10.5. The Morgan fingerprint density at radius 2 is 1.53 bits per heavy atom. The Balaban J connectivity index is 1.71. The Morgan fingerprint density at radius 3 is 2.34 bits per heavy atom. The van der Waals surface area contributed by atoms with Crippen molar-refractivity contribution in [3.63, 3.8) is 0 Å². The highest BCUT2D eigenvalue weighted by atomic mass is 16.3. The predicted octanol–water partition coefficient (Wildman–Crippen LogP) is 4.32. The van der Waals surface area contributed by atoms with Crippen LogP contribution in [0.2, 0.25) is 0 Å². The molecule has 1 N–H and O–H groups in total. The van der Waals surface area contributed by atoms with E-state index in [1.807, 2.05) is 65.2 Å². The summed E-state index contributed by atoms with van der Waals surface area (Å²) in [7, 11) is 3.14. The molecule has 7 rings (SSSR count). The zero-order valence-corrected chi connectivity index (χ0v) is 20.6. The average Bonchev–Trinajstić information content (AvgIpc) is 3.32. The summed E-state index contributed by atoms with van der Waals surface area (Å²) in [6.45, 7) is 0. The summed E-state index contributed by atoms with van der Waals surface area (Å²) >= 11 is 0. The summed E-state index contributed by atoms with van der Waals surface area (Å²) in [5.41, 5.74) is 4.02. The smallest absolute Gasteiger partial charge is 0.331 e. The molecule has 0 spiro atoms. The maximum atomic E-state index is 13.8. The van der Waals surface area contributed by atoms with Crippen LogP contribution in [0.15, 0.2) is 104 Å². The van der Waals surface area contributed by atoms with Crippen molar-refractivity contribution < 1.29 is 4.42 Å². The Kier molecular flexibility index (Phi) is 4.62. The maximum Gasteiger partial charge on any atom is 0.331 e. The highest BCUT2D eigenvalue weighted by Crippen LogP contribution is 2.45. The van der Waals surface area contributed by atoms with E-state index >= 15 is 0 Å². The van der Waals surface area contributed by atoms with E-state index in [0.717, 1.165) is 21.5 Å². The van der Waals surface area contributed by atoms with Gasteiger partial charge in [-0.3, -0.25) is 18.7 Å². The van der Waals surface area contributed by atoms with E-state index in [0.29, 0.717) is 38.8 Å². The number of anilines is 1. The van der Waals surface area contributed by atoms with E-state index in [2.05, 4.69) is 5.32 Å². The van der Waals surface area contributed by atoms with Gasteiger partial charge < -0.3 is 14.3 Å². The minimum Gasteiger partial charge on any atom is -0.464 e. The van der Waals surface area contributed by atoms with Gasteiger partial charge in [-0.25, -0.2) is 4.79 Å². The Morgan fingerprint density at radius 1 is 0.816 bits per heavy atom. The van der Waals surface area contributed by atoms with Crippen molar-refractivity contribution >= 4 is 27.6 Å². The molecule has 8 heteroatoms. The number of nitrogens with one attached hydrogen (secondary N) is 1. The number of para-hydroxylation sites is 3. The van der Waals surface area contributed by atoms with Crippen LogP contribution in [0.5, 0.6) is 0 Å². The second-order valence-electron chi connectivity index (χ2n) is 9.48. The van der Waals surface area contributed by atoms with Gasteiger partial charge in [0.15, 0.2) is 5.43 Å². The Hall–Kier alpha value is -5.11. The zero-order valence-electron chi connectivity index (χ0n) is 20.6. The molecular formula is C30H22N4O4. The molecule has 0 unspecified atom stereocenters. The number of hydrogen-bond acceptors (Lipinski definition) is 5. The molecule has 38 heavy (non-hydrogen) atoms. The molecule has 3 aromatic carbocycles. The molecule has 8 nitrogen and oxygen atoms in total. The fourth-order valence-electron chi connectivity index (χ4n) is 5.61. The van der Waals surface area contributed by atoms with E-state index in [-0.39, 0.29) is 5.43 Å². The summed E-state index contributed by atoms with van der Waals surface area (Å²) in [6, 6.07) is 23.8. The van der Waals surface area contributed by atoms with Crippen LogP contribution in [0, 0.1) is 0 Å². The number of rotatable bonds is 2. The number of nitrogens with zero attached hydrogens (tertiary/aromatic N) is 3. The van der Waals surface area contributed by atoms with Gasteiger partial charge in [0.1, 0.15) is 17.9 Å². The van der Waals surface area contributed by atoms with Gasteiger partial charge in [0.2, 0.25) is 0 Å².